The van der Waals surface area contributed by atoms with Gasteiger partial charge in [-0.15, -0.1) is 0 Å². The van der Waals surface area contributed by atoms with Gasteiger partial charge in [0.25, 0.3) is 6.43 Å². The van der Waals surface area contributed by atoms with Crippen LogP contribution >= 0.6 is 0 Å². The van der Waals surface area contributed by atoms with E-state index in [9.17, 15) is 13.6 Å². The minimum atomic E-state index is -2.88. The molecule has 230 valence electrons. The molecule has 0 aliphatic carbocycles. The summed E-state index contributed by atoms with van der Waals surface area (Å²) in [6.45, 7) is 8.43. The smallest absolute Gasteiger partial charge is 0.281 e. The van der Waals surface area contributed by atoms with Gasteiger partial charge >= 0.3 is 0 Å². The van der Waals surface area contributed by atoms with Crippen molar-refractivity contribution < 1.29 is 23.1 Å². The quantitative estimate of drug-likeness (QED) is 0.238. The number of aromatic nitrogens is 5. The van der Waals surface area contributed by atoms with E-state index < -0.39 is 12.1 Å². The highest BCUT2D eigenvalue weighted by Crippen LogP contribution is 2.30. The Kier molecular flexibility index (Phi) is 12.7. The average molecular weight is 591 g/mol. The second-order valence-electron chi connectivity index (χ2n) is 9.99. The van der Waals surface area contributed by atoms with Crippen LogP contribution in [0.1, 0.15) is 51.7 Å². The van der Waals surface area contributed by atoms with Crippen molar-refractivity contribution in [2.45, 2.75) is 46.0 Å². The van der Waals surface area contributed by atoms with Crippen LogP contribution in [0.15, 0.2) is 17.8 Å². The first-order valence-corrected chi connectivity index (χ1v) is 14.0. The Hall–Kier alpha value is -4.01. The molecule has 2 amide bonds. The standard InChI is InChI=1S/C25H35F2N9O2.C2H5NO/c1-17(2)6-4-3-5-7-19(37)34-8-10-35(11-9-34)24-31-22(18-16-29-23(28)30-20(18)21(26)27)32-25(33-24)36-12-14-38-15-13-36;1-3-2-4/h6,16,21H,3-5,7-15H2,1-2H3,(H2,28,29,30);2H,1H3,(H,3,4). The SMILES string of the molecule is CC(C)=CCCCCC(=O)N1CCN(c2nc(-c3cnc(N)nc3C(F)F)nc(N3CCOCC3)n2)CC1.CNC=O. The van der Waals surface area contributed by atoms with Gasteiger partial charge in [0, 0.05) is 58.9 Å². The highest BCUT2D eigenvalue weighted by molar-refractivity contribution is 5.76. The third-order valence-electron chi connectivity index (χ3n) is 6.62. The highest BCUT2D eigenvalue weighted by Gasteiger charge is 2.27. The number of unbranched alkanes of at least 4 members (excludes halogenated alkanes) is 2. The van der Waals surface area contributed by atoms with E-state index in [1.54, 1.807) is 7.05 Å². The van der Waals surface area contributed by atoms with Crippen LogP contribution in [0.4, 0.5) is 26.6 Å². The Bertz CT molecular complexity index is 1200. The second-order valence-corrected chi connectivity index (χ2v) is 9.99. The molecule has 42 heavy (non-hydrogen) atoms. The molecule has 2 aromatic heterocycles. The number of hydrogen-bond donors (Lipinski definition) is 2. The number of ether oxygens (including phenoxy) is 1. The van der Waals surface area contributed by atoms with Crippen molar-refractivity contribution in [3.05, 3.63) is 23.5 Å². The molecule has 2 aromatic rings. The number of carbonyl (C=O) groups excluding carboxylic acids is 2. The topological polar surface area (TPSA) is 156 Å². The summed E-state index contributed by atoms with van der Waals surface area (Å²) in [5, 5.41) is 2.25. The number of piperazine rings is 1. The van der Waals surface area contributed by atoms with E-state index in [0.717, 1.165) is 19.3 Å². The van der Waals surface area contributed by atoms with Crippen molar-refractivity contribution >= 4 is 30.2 Å². The third-order valence-corrected chi connectivity index (χ3v) is 6.62. The van der Waals surface area contributed by atoms with Crippen molar-refractivity contribution in [2.24, 2.45) is 0 Å². The molecule has 3 N–H and O–H groups in total. The number of nitrogens with zero attached hydrogens (tertiary/aromatic N) is 8. The molecule has 0 unspecified atom stereocenters. The molecule has 2 saturated heterocycles. The maximum absolute atomic E-state index is 13.8. The molecule has 0 atom stereocenters. The van der Waals surface area contributed by atoms with Gasteiger partial charge in [-0.05, 0) is 33.1 Å². The van der Waals surface area contributed by atoms with Crippen LogP contribution < -0.4 is 20.9 Å². The number of amides is 2. The highest BCUT2D eigenvalue weighted by atomic mass is 19.3. The normalized spacial score (nSPS) is 15.1. The molecule has 0 radical (unpaired) electrons. The Labute approximate surface area is 244 Å². The summed E-state index contributed by atoms with van der Waals surface area (Å²) in [6.07, 6.45) is 4.53. The molecule has 0 spiro atoms. The summed E-state index contributed by atoms with van der Waals surface area (Å²) in [7, 11) is 1.56. The van der Waals surface area contributed by atoms with Gasteiger partial charge in [0.15, 0.2) is 5.82 Å². The number of morpholine rings is 1. The number of alkyl halides is 2. The van der Waals surface area contributed by atoms with Crippen molar-refractivity contribution in [3.8, 4) is 11.4 Å². The van der Waals surface area contributed by atoms with Crippen molar-refractivity contribution in [1.82, 2.24) is 35.1 Å². The van der Waals surface area contributed by atoms with E-state index >= 15 is 0 Å². The zero-order valence-corrected chi connectivity index (χ0v) is 24.4. The Balaban J connectivity index is 0.00000114. The number of hydrogen-bond acceptors (Lipinski definition) is 11. The molecule has 0 bridgehead atoms. The Morgan fingerprint density at radius 2 is 1.64 bits per heavy atom. The minimum absolute atomic E-state index is 0.00860. The first-order valence-electron chi connectivity index (χ1n) is 14.0. The van der Waals surface area contributed by atoms with Crippen molar-refractivity contribution in [3.63, 3.8) is 0 Å². The third kappa shape index (κ3) is 9.53. The molecule has 2 aliphatic rings. The summed E-state index contributed by atoms with van der Waals surface area (Å²) in [6, 6.07) is 0. The summed E-state index contributed by atoms with van der Waals surface area (Å²) in [5.74, 6) is 0.696. The van der Waals surface area contributed by atoms with E-state index in [4.69, 9.17) is 15.3 Å². The molecule has 13 nitrogen and oxygen atoms in total. The van der Waals surface area contributed by atoms with Gasteiger partial charge < -0.3 is 30.5 Å². The van der Waals surface area contributed by atoms with Gasteiger partial charge in [0.1, 0.15) is 5.69 Å². The van der Waals surface area contributed by atoms with Gasteiger partial charge in [-0.3, -0.25) is 9.59 Å². The number of nitrogens with two attached hydrogens (primary N) is 1. The van der Waals surface area contributed by atoms with E-state index in [1.807, 2.05) is 14.7 Å². The van der Waals surface area contributed by atoms with E-state index in [0.29, 0.717) is 77.2 Å². The van der Waals surface area contributed by atoms with Crippen molar-refractivity contribution in [2.75, 3.05) is 75.1 Å². The van der Waals surface area contributed by atoms with Gasteiger partial charge in [-0.2, -0.15) is 15.0 Å². The number of anilines is 3. The number of nitrogens with one attached hydrogen (secondary N) is 1. The number of halogens is 2. The van der Waals surface area contributed by atoms with Crippen LogP contribution in [0.2, 0.25) is 0 Å². The monoisotopic (exact) mass is 590 g/mol. The van der Waals surface area contributed by atoms with Crippen LogP contribution in [0.3, 0.4) is 0 Å². The molecule has 15 heteroatoms. The lowest BCUT2D eigenvalue weighted by molar-refractivity contribution is -0.131. The second kappa shape index (κ2) is 16.4. The van der Waals surface area contributed by atoms with Crippen LogP contribution in [-0.4, -0.2) is 102 Å². The number of nitrogen functional groups attached to an aromatic ring is 1. The average Bonchev–Trinajstić information content (AvgIpc) is 3.01. The van der Waals surface area contributed by atoms with E-state index in [-0.39, 0.29) is 23.2 Å². The number of carbonyl (C=O) groups is 2. The van der Waals surface area contributed by atoms with Gasteiger partial charge in [0.05, 0.1) is 18.8 Å². The molecule has 2 fully saturated rings. The first-order chi connectivity index (χ1) is 20.2. The van der Waals surface area contributed by atoms with Gasteiger partial charge in [0.2, 0.25) is 30.2 Å². The van der Waals surface area contributed by atoms with E-state index in [2.05, 4.69) is 50.2 Å². The fourth-order valence-corrected chi connectivity index (χ4v) is 4.39. The first kappa shape index (κ1) is 32.5. The Morgan fingerprint density at radius 1 is 1.02 bits per heavy atom. The lowest BCUT2D eigenvalue weighted by atomic mass is 10.1. The van der Waals surface area contributed by atoms with Crippen LogP contribution in [-0.2, 0) is 14.3 Å². The molecule has 4 heterocycles. The summed E-state index contributed by atoms with van der Waals surface area (Å²) < 4.78 is 33.0. The molecular formula is C27H40F2N10O3. The minimum Gasteiger partial charge on any atom is -0.378 e. The van der Waals surface area contributed by atoms with E-state index in [1.165, 1.54) is 11.8 Å². The predicted octanol–water partition coefficient (Wildman–Crippen LogP) is 2.22. The summed E-state index contributed by atoms with van der Waals surface area (Å²) in [4.78, 5) is 48.8. The predicted molar refractivity (Wildman–Crippen MR) is 155 cm³/mol. The fraction of sp³-hybridized carbons (Fsp3) is 0.593. The maximum Gasteiger partial charge on any atom is 0.281 e. The summed E-state index contributed by atoms with van der Waals surface area (Å²) >= 11 is 0. The maximum atomic E-state index is 13.8. The van der Waals surface area contributed by atoms with Crippen molar-refractivity contribution in [1.29, 1.82) is 0 Å². The number of rotatable bonds is 10. The molecular weight excluding hydrogens is 550 g/mol. The Morgan fingerprint density at radius 3 is 2.21 bits per heavy atom. The zero-order valence-electron chi connectivity index (χ0n) is 24.4. The molecule has 0 aromatic carbocycles. The zero-order chi connectivity index (χ0) is 30.5. The summed E-state index contributed by atoms with van der Waals surface area (Å²) in [5.41, 5.74) is 6.33. The van der Waals surface area contributed by atoms with Gasteiger partial charge in [-0.25, -0.2) is 18.7 Å². The molecule has 0 saturated carbocycles. The van der Waals surface area contributed by atoms with Gasteiger partial charge in [-0.1, -0.05) is 11.6 Å². The molecule has 4 rings (SSSR count). The largest absolute Gasteiger partial charge is 0.378 e. The van der Waals surface area contributed by atoms with Crippen LogP contribution in [0.5, 0.6) is 0 Å². The lowest BCUT2D eigenvalue weighted by Gasteiger charge is -2.35. The van der Waals surface area contributed by atoms with Crippen LogP contribution in [0, 0.1) is 0 Å². The fourth-order valence-electron chi connectivity index (χ4n) is 4.39. The molecule has 2 aliphatic heterocycles. The lowest BCUT2D eigenvalue weighted by Crippen LogP contribution is -2.49. The number of allylic oxidation sites excluding steroid dienone is 2. The van der Waals surface area contributed by atoms with Crippen LogP contribution in [0.25, 0.3) is 11.4 Å².